The summed E-state index contributed by atoms with van der Waals surface area (Å²) in [6, 6.07) is 13.6. The maximum Gasteiger partial charge on any atom is 0.120 e. The van der Waals surface area contributed by atoms with E-state index in [0.29, 0.717) is 13.2 Å². The molecular formula is C15H16ClNO. The minimum absolute atomic E-state index is 0.473. The van der Waals surface area contributed by atoms with Gasteiger partial charge in [0.05, 0.1) is 0 Å². The highest BCUT2D eigenvalue weighted by atomic mass is 35.5. The Morgan fingerprint density at radius 3 is 2.56 bits per heavy atom. The number of hydrogen-bond acceptors (Lipinski definition) is 2. The number of nitrogens with two attached hydrogens (primary N) is 1. The summed E-state index contributed by atoms with van der Waals surface area (Å²) in [5.74, 6) is 0.838. The van der Waals surface area contributed by atoms with Crippen molar-refractivity contribution in [3.05, 3.63) is 64.2 Å². The molecule has 0 fully saturated rings. The molecular weight excluding hydrogens is 246 g/mol. The van der Waals surface area contributed by atoms with Crippen molar-refractivity contribution in [3.63, 3.8) is 0 Å². The zero-order chi connectivity index (χ0) is 13.0. The molecule has 0 radical (unpaired) electrons. The van der Waals surface area contributed by atoms with Crippen LogP contribution in [0.25, 0.3) is 0 Å². The third kappa shape index (κ3) is 3.03. The van der Waals surface area contributed by atoms with Gasteiger partial charge in [-0.3, -0.25) is 0 Å². The van der Waals surface area contributed by atoms with Crippen molar-refractivity contribution < 1.29 is 4.74 Å². The van der Waals surface area contributed by atoms with Crippen LogP contribution in [-0.4, -0.2) is 0 Å². The van der Waals surface area contributed by atoms with Crippen LogP contribution in [0.2, 0.25) is 5.02 Å². The highest BCUT2D eigenvalue weighted by Crippen LogP contribution is 2.20. The van der Waals surface area contributed by atoms with Crippen molar-refractivity contribution in [2.75, 3.05) is 0 Å². The fourth-order valence-corrected chi connectivity index (χ4v) is 1.95. The predicted molar refractivity (Wildman–Crippen MR) is 74.9 cm³/mol. The standard InChI is InChI=1S/C15H16ClNO/c1-11-8-14(7-6-12(11)9-17)18-10-13-4-2-3-5-15(13)16/h2-8H,9-10,17H2,1H3. The van der Waals surface area contributed by atoms with Crippen molar-refractivity contribution >= 4 is 11.6 Å². The normalized spacial score (nSPS) is 10.4. The van der Waals surface area contributed by atoms with Gasteiger partial charge in [-0.15, -0.1) is 0 Å². The minimum atomic E-state index is 0.473. The van der Waals surface area contributed by atoms with Crippen molar-refractivity contribution in [2.24, 2.45) is 5.73 Å². The van der Waals surface area contributed by atoms with E-state index in [2.05, 4.69) is 0 Å². The lowest BCUT2D eigenvalue weighted by molar-refractivity contribution is 0.306. The topological polar surface area (TPSA) is 35.2 Å². The van der Waals surface area contributed by atoms with Gasteiger partial charge in [-0.05, 0) is 36.2 Å². The smallest absolute Gasteiger partial charge is 0.120 e. The summed E-state index contributed by atoms with van der Waals surface area (Å²) in [6.07, 6.45) is 0. The van der Waals surface area contributed by atoms with E-state index in [1.165, 1.54) is 0 Å². The van der Waals surface area contributed by atoms with Gasteiger partial charge in [-0.1, -0.05) is 35.9 Å². The molecule has 0 aliphatic rings. The molecule has 0 saturated heterocycles. The molecule has 0 heterocycles. The van der Waals surface area contributed by atoms with Crippen LogP contribution in [-0.2, 0) is 13.2 Å². The van der Waals surface area contributed by atoms with Crippen LogP contribution in [0.4, 0.5) is 0 Å². The number of halogens is 1. The maximum atomic E-state index is 6.07. The van der Waals surface area contributed by atoms with E-state index < -0.39 is 0 Å². The van der Waals surface area contributed by atoms with Gasteiger partial charge in [0.25, 0.3) is 0 Å². The zero-order valence-corrected chi connectivity index (χ0v) is 11.1. The third-order valence-electron chi connectivity index (χ3n) is 2.89. The summed E-state index contributed by atoms with van der Waals surface area (Å²) in [5.41, 5.74) is 8.90. The molecule has 3 heteroatoms. The molecule has 0 bridgehead atoms. The van der Waals surface area contributed by atoms with Gasteiger partial charge in [-0.2, -0.15) is 0 Å². The van der Waals surface area contributed by atoms with Crippen LogP contribution < -0.4 is 10.5 Å². The second-order valence-corrected chi connectivity index (χ2v) is 4.58. The molecule has 0 amide bonds. The molecule has 0 spiro atoms. The number of hydrogen-bond donors (Lipinski definition) is 1. The molecule has 0 saturated carbocycles. The van der Waals surface area contributed by atoms with Gasteiger partial charge < -0.3 is 10.5 Å². The van der Waals surface area contributed by atoms with E-state index in [1.807, 2.05) is 49.4 Å². The van der Waals surface area contributed by atoms with Gasteiger partial charge in [0, 0.05) is 17.1 Å². The Hall–Kier alpha value is -1.51. The largest absolute Gasteiger partial charge is 0.489 e. The predicted octanol–water partition coefficient (Wildman–Crippen LogP) is 3.69. The summed E-state index contributed by atoms with van der Waals surface area (Å²) in [4.78, 5) is 0. The lowest BCUT2D eigenvalue weighted by Crippen LogP contribution is -2.00. The molecule has 2 aromatic rings. The molecule has 2 aromatic carbocycles. The van der Waals surface area contributed by atoms with Gasteiger partial charge >= 0.3 is 0 Å². The quantitative estimate of drug-likeness (QED) is 0.911. The Morgan fingerprint density at radius 2 is 1.89 bits per heavy atom. The average Bonchev–Trinajstić information content (AvgIpc) is 2.38. The van der Waals surface area contributed by atoms with E-state index in [0.717, 1.165) is 27.5 Å². The van der Waals surface area contributed by atoms with Crippen LogP contribution in [0.5, 0.6) is 5.75 Å². The lowest BCUT2D eigenvalue weighted by atomic mass is 10.1. The first-order valence-corrected chi connectivity index (χ1v) is 6.24. The molecule has 2 N–H and O–H groups in total. The molecule has 2 nitrogen and oxygen atoms in total. The van der Waals surface area contributed by atoms with Gasteiger partial charge in [0.2, 0.25) is 0 Å². The molecule has 0 aliphatic carbocycles. The Kier molecular flexibility index (Phi) is 4.24. The Labute approximate surface area is 112 Å². The van der Waals surface area contributed by atoms with E-state index in [1.54, 1.807) is 0 Å². The van der Waals surface area contributed by atoms with Crippen LogP contribution >= 0.6 is 11.6 Å². The molecule has 0 unspecified atom stereocenters. The summed E-state index contributed by atoms with van der Waals surface area (Å²) in [7, 11) is 0. The highest BCUT2D eigenvalue weighted by molar-refractivity contribution is 6.31. The summed E-state index contributed by atoms with van der Waals surface area (Å²) < 4.78 is 5.73. The molecule has 94 valence electrons. The number of ether oxygens (including phenoxy) is 1. The van der Waals surface area contributed by atoms with Crippen molar-refractivity contribution in [3.8, 4) is 5.75 Å². The second kappa shape index (κ2) is 5.89. The first-order valence-electron chi connectivity index (χ1n) is 5.86. The Bertz CT molecular complexity index is 540. The second-order valence-electron chi connectivity index (χ2n) is 4.17. The fourth-order valence-electron chi connectivity index (χ4n) is 1.76. The first-order chi connectivity index (χ1) is 8.70. The van der Waals surface area contributed by atoms with Crippen LogP contribution in [0.1, 0.15) is 16.7 Å². The van der Waals surface area contributed by atoms with Crippen molar-refractivity contribution in [2.45, 2.75) is 20.1 Å². The van der Waals surface area contributed by atoms with E-state index in [9.17, 15) is 0 Å². The monoisotopic (exact) mass is 261 g/mol. The average molecular weight is 262 g/mol. The first kappa shape index (κ1) is 12.9. The Morgan fingerprint density at radius 1 is 1.11 bits per heavy atom. The van der Waals surface area contributed by atoms with Crippen LogP contribution in [0.15, 0.2) is 42.5 Å². The SMILES string of the molecule is Cc1cc(OCc2ccccc2Cl)ccc1CN. The molecule has 0 aliphatic heterocycles. The lowest BCUT2D eigenvalue weighted by Gasteiger charge is -2.10. The van der Waals surface area contributed by atoms with Crippen molar-refractivity contribution in [1.82, 2.24) is 0 Å². The maximum absolute atomic E-state index is 6.07. The van der Waals surface area contributed by atoms with Crippen LogP contribution in [0, 0.1) is 6.92 Å². The molecule has 2 rings (SSSR count). The van der Waals surface area contributed by atoms with E-state index in [4.69, 9.17) is 22.1 Å². The number of benzene rings is 2. The Balaban J connectivity index is 2.07. The third-order valence-corrected chi connectivity index (χ3v) is 3.25. The molecule has 0 aromatic heterocycles. The summed E-state index contributed by atoms with van der Waals surface area (Å²) in [6.45, 7) is 3.06. The number of aryl methyl sites for hydroxylation is 1. The van der Waals surface area contributed by atoms with Crippen molar-refractivity contribution in [1.29, 1.82) is 0 Å². The molecule has 0 atom stereocenters. The van der Waals surface area contributed by atoms with Gasteiger partial charge in [-0.25, -0.2) is 0 Å². The van der Waals surface area contributed by atoms with E-state index in [-0.39, 0.29) is 0 Å². The summed E-state index contributed by atoms with van der Waals surface area (Å²) >= 11 is 6.07. The van der Waals surface area contributed by atoms with Gasteiger partial charge in [0.15, 0.2) is 0 Å². The van der Waals surface area contributed by atoms with Crippen LogP contribution in [0.3, 0.4) is 0 Å². The number of rotatable bonds is 4. The van der Waals surface area contributed by atoms with E-state index >= 15 is 0 Å². The highest BCUT2D eigenvalue weighted by Gasteiger charge is 2.02. The zero-order valence-electron chi connectivity index (χ0n) is 10.3. The minimum Gasteiger partial charge on any atom is -0.489 e. The molecule has 18 heavy (non-hydrogen) atoms. The fraction of sp³-hybridized carbons (Fsp3) is 0.200. The summed E-state index contributed by atoms with van der Waals surface area (Å²) in [5, 5.41) is 0.729. The van der Waals surface area contributed by atoms with Gasteiger partial charge in [0.1, 0.15) is 12.4 Å².